The number of aromatic hydroxyl groups is 1. The van der Waals surface area contributed by atoms with Crippen LogP contribution in [0.3, 0.4) is 0 Å². The number of aryl methyl sites for hydroxylation is 1. The molecule has 2 aromatic carbocycles. The molecule has 2 aromatic heterocycles. The third-order valence-corrected chi connectivity index (χ3v) is 11.3. The van der Waals surface area contributed by atoms with Gasteiger partial charge in [-0.25, -0.2) is 13.2 Å². The van der Waals surface area contributed by atoms with Crippen LogP contribution in [-0.2, 0) is 6.42 Å². The first kappa shape index (κ1) is 29.7. The van der Waals surface area contributed by atoms with Crippen LogP contribution >= 0.6 is 0 Å². The van der Waals surface area contributed by atoms with Crippen LogP contribution in [0, 0.1) is 23.5 Å². The summed E-state index contributed by atoms with van der Waals surface area (Å²) in [5.41, 5.74) is -0.627. The lowest BCUT2D eigenvalue weighted by atomic mass is 9.82. The van der Waals surface area contributed by atoms with Gasteiger partial charge >= 0.3 is 6.01 Å². The highest BCUT2D eigenvalue weighted by Crippen LogP contribution is 2.47. The molecule has 1 saturated carbocycles. The van der Waals surface area contributed by atoms with Gasteiger partial charge in [0.25, 0.3) is 0 Å². The number of anilines is 1. The summed E-state index contributed by atoms with van der Waals surface area (Å²) in [6.45, 7) is 6.18. The standard InChI is InChI=1S/C35H38F3N5O3/c1-3-24-27(37)8-5-19-11-23(44)12-25(28(19)24)30-29(38)31-26(14-39-30)32(42-15-20-6-7-21(16-42)34(20,2)45)41-33(40-31)46-18-35-9-4-10-43(35)17-22(36)13-35/h5,8,11-12,14,20-22,44-45H,3-4,6-7,9-10,13,15-18H2,1-2H3/t20-,21+,22-,34?,35+/m1/s1. The van der Waals surface area contributed by atoms with Crippen LogP contribution in [0.4, 0.5) is 19.0 Å². The third kappa shape index (κ3) is 4.52. The van der Waals surface area contributed by atoms with Gasteiger partial charge in [0.15, 0.2) is 5.82 Å². The molecule has 46 heavy (non-hydrogen) atoms. The van der Waals surface area contributed by atoms with E-state index in [0.717, 1.165) is 32.2 Å². The van der Waals surface area contributed by atoms with E-state index in [0.29, 0.717) is 60.0 Å². The average Bonchev–Trinajstić information content (AvgIpc) is 3.56. The van der Waals surface area contributed by atoms with Gasteiger partial charge in [-0.3, -0.25) is 9.88 Å². The van der Waals surface area contributed by atoms with Crippen molar-refractivity contribution in [2.45, 2.75) is 69.7 Å². The molecule has 0 spiro atoms. The molecule has 1 aliphatic carbocycles. The fourth-order valence-corrected chi connectivity index (χ4v) is 8.85. The van der Waals surface area contributed by atoms with Crippen molar-refractivity contribution in [3.63, 3.8) is 0 Å². The first-order valence-electron chi connectivity index (χ1n) is 16.4. The van der Waals surface area contributed by atoms with E-state index in [1.54, 1.807) is 6.07 Å². The number of aromatic nitrogens is 3. The number of ether oxygens (including phenoxy) is 1. The van der Waals surface area contributed by atoms with E-state index >= 15 is 4.39 Å². The summed E-state index contributed by atoms with van der Waals surface area (Å²) in [7, 11) is 0. The minimum Gasteiger partial charge on any atom is -0.508 e. The number of phenols is 1. The molecule has 0 radical (unpaired) electrons. The number of benzene rings is 2. The number of fused-ring (bicyclic) bond motifs is 5. The van der Waals surface area contributed by atoms with Gasteiger partial charge in [-0.2, -0.15) is 9.97 Å². The van der Waals surface area contributed by atoms with Crippen molar-refractivity contribution in [3.8, 4) is 23.0 Å². The van der Waals surface area contributed by atoms with E-state index in [1.807, 2.05) is 13.8 Å². The van der Waals surface area contributed by atoms with Crippen molar-refractivity contribution in [3.05, 3.63) is 47.7 Å². The summed E-state index contributed by atoms with van der Waals surface area (Å²) >= 11 is 0. The van der Waals surface area contributed by atoms with Gasteiger partial charge < -0.3 is 19.8 Å². The number of piperidine rings is 1. The van der Waals surface area contributed by atoms with Gasteiger partial charge in [0, 0.05) is 49.7 Å². The van der Waals surface area contributed by atoms with Gasteiger partial charge in [0.1, 0.15) is 41.4 Å². The van der Waals surface area contributed by atoms with Gasteiger partial charge in [-0.15, -0.1) is 0 Å². The normalized spacial score (nSPS) is 29.3. The second kappa shape index (κ2) is 10.7. The Labute approximate surface area is 265 Å². The maximum atomic E-state index is 16.9. The van der Waals surface area contributed by atoms with E-state index in [4.69, 9.17) is 9.72 Å². The topological polar surface area (TPSA) is 94.8 Å². The minimum atomic E-state index is -0.922. The quantitative estimate of drug-likeness (QED) is 0.269. The number of hydrogen-bond acceptors (Lipinski definition) is 8. The van der Waals surface area contributed by atoms with Gasteiger partial charge in [-0.05, 0) is 80.1 Å². The largest absolute Gasteiger partial charge is 0.508 e. The Balaban J connectivity index is 1.27. The van der Waals surface area contributed by atoms with Crippen LogP contribution in [0.25, 0.3) is 32.9 Å². The lowest BCUT2D eigenvalue weighted by Gasteiger charge is -2.43. The van der Waals surface area contributed by atoms with E-state index < -0.39 is 28.9 Å². The number of aliphatic hydroxyl groups is 1. The van der Waals surface area contributed by atoms with Crippen LogP contribution in [0.15, 0.2) is 30.5 Å². The zero-order valence-corrected chi connectivity index (χ0v) is 26.1. The van der Waals surface area contributed by atoms with Crippen molar-refractivity contribution in [2.75, 3.05) is 37.7 Å². The zero-order valence-electron chi connectivity index (χ0n) is 26.1. The van der Waals surface area contributed by atoms with Gasteiger partial charge in [-0.1, -0.05) is 13.0 Å². The third-order valence-electron chi connectivity index (χ3n) is 11.3. The molecule has 242 valence electrons. The smallest absolute Gasteiger partial charge is 0.319 e. The summed E-state index contributed by atoms with van der Waals surface area (Å²) in [5.74, 6) is -0.705. The number of alkyl halides is 1. The van der Waals surface area contributed by atoms with Crippen LogP contribution in [0.5, 0.6) is 11.8 Å². The van der Waals surface area contributed by atoms with Gasteiger partial charge in [0.05, 0.1) is 16.5 Å². The Hall–Kier alpha value is -3.70. The molecule has 11 heteroatoms. The monoisotopic (exact) mass is 633 g/mol. The second-order valence-electron chi connectivity index (χ2n) is 13.9. The predicted octanol–water partition coefficient (Wildman–Crippen LogP) is 5.94. The summed E-state index contributed by atoms with van der Waals surface area (Å²) in [4.78, 5) is 18.1. The fraction of sp³-hybridized carbons (Fsp3) is 0.514. The zero-order chi connectivity index (χ0) is 32.0. The number of halogens is 3. The van der Waals surface area contributed by atoms with Crippen molar-refractivity contribution in [1.29, 1.82) is 0 Å². The molecule has 3 aliphatic heterocycles. The molecule has 2 bridgehead atoms. The van der Waals surface area contributed by atoms with Crippen LogP contribution in [0.1, 0.15) is 51.5 Å². The van der Waals surface area contributed by atoms with Crippen LogP contribution in [-0.4, -0.2) is 80.2 Å². The molecule has 3 saturated heterocycles. The lowest BCUT2D eigenvalue weighted by molar-refractivity contribution is -0.0273. The second-order valence-corrected chi connectivity index (χ2v) is 13.9. The Morgan fingerprint density at radius 2 is 1.87 bits per heavy atom. The molecule has 0 amide bonds. The summed E-state index contributed by atoms with van der Waals surface area (Å²) in [6.07, 6.45) is 4.89. The van der Waals surface area contributed by atoms with Crippen LogP contribution in [0.2, 0.25) is 0 Å². The maximum Gasteiger partial charge on any atom is 0.319 e. The highest BCUT2D eigenvalue weighted by Gasteiger charge is 2.51. The lowest BCUT2D eigenvalue weighted by Crippen LogP contribution is -2.52. The molecule has 5 atom stereocenters. The van der Waals surface area contributed by atoms with Crippen molar-refractivity contribution in [1.82, 2.24) is 19.9 Å². The average molecular weight is 634 g/mol. The Morgan fingerprint density at radius 1 is 1.09 bits per heavy atom. The first-order chi connectivity index (χ1) is 22.1. The van der Waals surface area contributed by atoms with Gasteiger partial charge in [0.2, 0.25) is 0 Å². The molecule has 1 unspecified atom stereocenters. The summed E-state index contributed by atoms with van der Waals surface area (Å²) in [5, 5.41) is 23.2. The highest BCUT2D eigenvalue weighted by molar-refractivity contribution is 6.01. The Morgan fingerprint density at radius 3 is 2.63 bits per heavy atom. The molecule has 4 aromatic rings. The van der Waals surface area contributed by atoms with Crippen molar-refractivity contribution < 1.29 is 28.1 Å². The number of nitrogens with zero attached hydrogens (tertiary/aromatic N) is 5. The van der Waals surface area contributed by atoms with Crippen LogP contribution < -0.4 is 9.64 Å². The molecular weight excluding hydrogens is 595 g/mol. The molecule has 4 fully saturated rings. The van der Waals surface area contributed by atoms with E-state index in [9.17, 15) is 19.0 Å². The first-order valence-corrected chi connectivity index (χ1v) is 16.4. The number of rotatable bonds is 6. The molecule has 4 aliphatic rings. The fourth-order valence-electron chi connectivity index (χ4n) is 8.85. The molecule has 8 nitrogen and oxygen atoms in total. The predicted molar refractivity (Wildman–Crippen MR) is 169 cm³/mol. The molecule has 8 rings (SSSR count). The minimum absolute atomic E-state index is 0.00352. The van der Waals surface area contributed by atoms with Crippen molar-refractivity contribution >= 4 is 27.5 Å². The summed E-state index contributed by atoms with van der Waals surface area (Å²) in [6, 6.07) is 5.84. The molecule has 5 heterocycles. The highest BCUT2D eigenvalue weighted by atomic mass is 19.1. The molecule has 2 N–H and O–H groups in total. The summed E-state index contributed by atoms with van der Waals surface area (Å²) < 4.78 is 52.6. The maximum absolute atomic E-state index is 16.9. The molecular formula is C35H38F3N5O3. The SMILES string of the molecule is CCc1c(F)ccc2cc(O)cc(-c3ncc4c(N5C[C@H]6CC[C@@H](C5)C6(C)O)nc(OC[C@@]56CCCN5C[C@H](F)C6)nc4c3F)c12. The van der Waals surface area contributed by atoms with E-state index in [-0.39, 0.29) is 47.0 Å². The number of hydrogen-bond donors (Lipinski definition) is 2. The number of phenolic OH excluding ortho intramolecular Hbond substituents is 1. The van der Waals surface area contributed by atoms with E-state index in [1.165, 1.54) is 24.4 Å². The number of pyridine rings is 1. The Kier molecular flexibility index (Phi) is 6.88. The Bertz CT molecular complexity index is 1860. The van der Waals surface area contributed by atoms with E-state index in [2.05, 4.69) is 19.8 Å². The van der Waals surface area contributed by atoms with Crippen molar-refractivity contribution in [2.24, 2.45) is 11.8 Å².